The number of fused-ring (bicyclic) bond motifs is 4. The van der Waals surface area contributed by atoms with Gasteiger partial charge in [-0.25, -0.2) is 13.1 Å². The van der Waals surface area contributed by atoms with Crippen molar-refractivity contribution in [1.82, 2.24) is 9.62 Å². The van der Waals surface area contributed by atoms with Crippen molar-refractivity contribution in [1.29, 1.82) is 0 Å². The standard InChI is InChI=1S/C31H38ClN3O5S/c1-20-30(37)33-41(38,39)24-9-12-29-27(16-24)35(17-22-7-10-25(22)28(36)6-4-14-34(20)2)18-31(19-40-29)13-3-5-21-15-23(32)8-11-26(21)31/h4,6,8-9,11-12,15-16,20,22,25,28,36H,3,5,7,10,13-14,17-19H2,1-2H3,(H,33,37)/b6-4+/t20-,22-,25+,28-,31-/m0/s1. The number of likely N-dealkylation sites (N-methyl/N-ethyl adjacent to an activating group) is 1. The predicted molar refractivity (Wildman–Crippen MR) is 159 cm³/mol. The van der Waals surface area contributed by atoms with Gasteiger partial charge in [0.05, 0.1) is 29.3 Å². The highest BCUT2D eigenvalue weighted by Crippen LogP contribution is 2.47. The van der Waals surface area contributed by atoms with E-state index in [-0.39, 0.29) is 22.1 Å². The van der Waals surface area contributed by atoms with E-state index < -0.39 is 28.1 Å². The van der Waals surface area contributed by atoms with Gasteiger partial charge in [0, 0.05) is 30.1 Å². The summed E-state index contributed by atoms with van der Waals surface area (Å²) in [5, 5.41) is 11.8. The summed E-state index contributed by atoms with van der Waals surface area (Å²) < 4.78 is 35.6. The summed E-state index contributed by atoms with van der Waals surface area (Å²) in [7, 11) is -2.36. The third-order valence-corrected chi connectivity index (χ3v) is 11.3. The van der Waals surface area contributed by atoms with Gasteiger partial charge < -0.3 is 14.7 Å². The number of ether oxygens (including phenoxy) is 1. The molecule has 8 nitrogen and oxygen atoms in total. The smallest absolute Gasteiger partial charge is 0.264 e. The molecule has 2 bridgehead atoms. The molecule has 6 rings (SSSR count). The predicted octanol–water partition coefficient (Wildman–Crippen LogP) is 3.90. The molecule has 2 aliphatic carbocycles. The summed E-state index contributed by atoms with van der Waals surface area (Å²) in [4.78, 5) is 17.0. The van der Waals surface area contributed by atoms with Crippen molar-refractivity contribution < 1.29 is 23.1 Å². The van der Waals surface area contributed by atoms with E-state index >= 15 is 0 Å². The number of amides is 1. The number of rotatable bonds is 0. The van der Waals surface area contributed by atoms with Crippen molar-refractivity contribution in [3.8, 4) is 5.75 Å². The number of nitrogens with zero attached hydrogens (tertiary/aromatic N) is 2. The van der Waals surface area contributed by atoms with Crippen LogP contribution in [0.5, 0.6) is 5.75 Å². The Balaban J connectivity index is 1.44. The van der Waals surface area contributed by atoms with Gasteiger partial charge in [-0.1, -0.05) is 29.8 Å². The normalized spacial score (nSPS) is 32.5. The third kappa shape index (κ3) is 5.38. The zero-order chi connectivity index (χ0) is 28.9. The fourth-order valence-electron chi connectivity index (χ4n) is 6.96. The minimum Gasteiger partial charge on any atom is -0.490 e. The minimum atomic E-state index is -4.12. The van der Waals surface area contributed by atoms with Gasteiger partial charge in [-0.2, -0.15) is 0 Å². The maximum Gasteiger partial charge on any atom is 0.264 e. The number of aliphatic hydroxyl groups is 1. The Morgan fingerprint density at radius 3 is 2.78 bits per heavy atom. The SMILES string of the molecule is C[C@H]1C(=O)NS(=O)(=O)c2ccc3c(c2)N(C[C@@H]2CC[C@H]2[C@@H](O)/C=C/CN1C)C[C@@]1(CCCc2cc(Cl)ccc21)CO3. The molecule has 2 N–H and O–H groups in total. The van der Waals surface area contributed by atoms with Crippen LogP contribution in [-0.4, -0.2) is 69.8 Å². The number of halogens is 1. The summed E-state index contributed by atoms with van der Waals surface area (Å²) in [6.45, 7) is 3.88. The maximum atomic E-state index is 13.4. The second-order valence-electron chi connectivity index (χ2n) is 12.2. The Kier molecular flexibility index (Phi) is 7.59. The van der Waals surface area contributed by atoms with Crippen LogP contribution in [0.4, 0.5) is 5.69 Å². The van der Waals surface area contributed by atoms with Crippen LogP contribution in [0.1, 0.15) is 43.7 Å². The molecule has 1 saturated carbocycles. The fraction of sp³-hybridized carbons (Fsp3) is 0.516. The highest BCUT2D eigenvalue weighted by Gasteiger charge is 2.44. The number of sulfonamides is 1. The van der Waals surface area contributed by atoms with E-state index in [9.17, 15) is 18.3 Å². The number of hydrogen-bond acceptors (Lipinski definition) is 7. The molecule has 4 aliphatic rings. The average Bonchev–Trinajstić information content (AvgIpc) is 3.06. The first-order valence-corrected chi connectivity index (χ1v) is 16.3. The van der Waals surface area contributed by atoms with Crippen LogP contribution in [0.3, 0.4) is 0 Å². The van der Waals surface area contributed by atoms with E-state index in [1.54, 1.807) is 31.0 Å². The largest absolute Gasteiger partial charge is 0.490 e. The molecule has 5 atom stereocenters. The number of hydrogen-bond donors (Lipinski definition) is 2. The van der Waals surface area contributed by atoms with E-state index in [1.807, 2.05) is 18.2 Å². The summed E-state index contributed by atoms with van der Waals surface area (Å²) in [6.07, 6.45) is 7.94. The lowest BCUT2D eigenvalue weighted by Gasteiger charge is -2.45. The van der Waals surface area contributed by atoms with Gasteiger partial charge >= 0.3 is 0 Å². The molecule has 1 amide bonds. The van der Waals surface area contributed by atoms with Crippen molar-refractivity contribution in [2.24, 2.45) is 11.8 Å². The zero-order valence-electron chi connectivity index (χ0n) is 23.6. The van der Waals surface area contributed by atoms with Crippen molar-refractivity contribution in [3.05, 3.63) is 64.7 Å². The highest BCUT2D eigenvalue weighted by atomic mass is 35.5. The van der Waals surface area contributed by atoms with Crippen LogP contribution in [0.25, 0.3) is 0 Å². The molecule has 10 heteroatoms. The van der Waals surface area contributed by atoms with Gasteiger partial charge in [0.15, 0.2) is 0 Å². The Morgan fingerprint density at radius 2 is 2.00 bits per heavy atom. The molecule has 0 radical (unpaired) electrons. The molecule has 2 aromatic rings. The van der Waals surface area contributed by atoms with Crippen molar-refractivity contribution in [3.63, 3.8) is 0 Å². The average molecular weight is 600 g/mol. The number of aliphatic hydroxyl groups excluding tert-OH is 1. The lowest BCUT2D eigenvalue weighted by atomic mass is 9.68. The second kappa shape index (κ2) is 10.9. The Hall–Kier alpha value is -2.59. The first-order chi connectivity index (χ1) is 19.6. The molecule has 0 saturated heterocycles. The van der Waals surface area contributed by atoms with Crippen LogP contribution in [0, 0.1) is 11.8 Å². The number of aryl methyl sites for hydroxylation is 1. The molecule has 2 aromatic carbocycles. The molecule has 220 valence electrons. The summed E-state index contributed by atoms with van der Waals surface area (Å²) in [5.74, 6) is 0.374. The molecule has 0 aromatic heterocycles. The molecular formula is C31H38ClN3O5S. The summed E-state index contributed by atoms with van der Waals surface area (Å²) >= 11 is 6.37. The quantitative estimate of drug-likeness (QED) is 0.443. The van der Waals surface area contributed by atoms with E-state index in [0.717, 1.165) is 37.1 Å². The van der Waals surface area contributed by atoms with Gasteiger partial charge in [-0.15, -0.1) is 0 Å². The minimum absolute atomic E-state index is 0.0250. The van der Waals surface area contributed by atoms with Gasteiger partial charge in [0.1, 0.15) is 5.75 Å². The van der Waals surface area contributed by atoms with E-state index in [2.05, 4.69) is 21.8 Å². The highest BCUT2D eigenvalue weighted by molar-refractivity contribution is 7.90. The Bertz CT molecular complexity index is 1480. The van der Waals surface area contributed by atoms with Crippen LogP contribution < -0.4 is 14.4 Å². The number of nitrogens with one attached hydrogen (secondary N) is 1. The van der Waals surface area contributed by atoms with Gasteiger partial charge in [-0.05, 0) is 99.4 Å². The molecule has 1 fully saturated rings. The summed E-state index contributed by atoms with van der Waals surface area (Å²) in [5.41, 5.74) is 2.88. The number of carbonyl (C=O) groups excluding carboxylic acids is 1. The van der Waals surface area contributed by atoms with Crippen LogP contribution >= 0.6 is 11.6 Å². The van der Waals surface area contributed by atoms with Gasteiger partial charge in [-0.3, -0.25) is 9.69 Å². The van der Waals surface area contributed by atoms with Crippen LogP contribution in [0.2, 0.25) is 5.02 Å². The Morgan fingerprint density at radius 1 is 1.17 bits per heavy atom. The zero-order valence-corrected chi connectivity index (χ0v) is 25.1. The van der Waals surface area contributed by atoms with Crippen LogP contribution in [0.15, 0.2) is 53.4 Å². The van der Waals surface area contributed by atoms with Crippen molar-refractivity contribution >= 4 is 33.2 Å². The number of carbonyl (C=O) groups is 1. The fourth-order valence-corrected chi connectivity index (χ4v) is 8.22. The summed E-state index contributed by atoms with van der Waals surface area (Å²) in [6, 6.07) is 10.3. The molecular weight excluding hydrogens is 562 g/mol. The monoisotopic (exact) mass is 599 g/mol. The van der Waals surface area contributed by atoms with Gasteiger partial charge in [0.25, 0.3) is 15.9 Å². The topological polar surface area (TPSA) is 99.2 Å². The van der Waals surface area contributed by atoms with Crippen molar-refractivity contribution in [2.45, 2.75) is 61.5 Å². The number of anilines is 1. The maximum absolute atomic E-state index is 13.4. The van der Waals surface area contributed by atoms with E-state index in [0.29, 0.717) is 37.7 Å². The van der Waals surface area contributed by atoms with E-state index in [4.69, 9.17) is 16.3 Å². The molecule has 41 heavy (non-hydrogen) atoms. The molecule has 1 spiro atoms. The van der Waals surface area contributed by atoms with Crippen molar-refractivity contribution in [2.75, 3.05) is 38.2 Å². The second-order valence-corrected chi connectivity index (χ2v) is 14.4. The van der Waals surface area contributed by atoms with Crippen LogP contribution in [-0.2, 0) is 26.7 Å². The third-order valence-electron chi connectivity index (χ3n) is 9.69. The molecule has 2 aliphatic heterocycles. The lowest BCUT2D eigenvalue weighted by Crippen LogP contribution is -2.49. The van der Waals surface area contributed by atoms with Gasteiger partial charge in [0.2, 0.25) is 0 Å². The first-order valence-electron chi connectivity index (χ1n) is 14.5. The molecule has 2 heterocycles. The van der Waals surface area contributed by atoms with E-state index in [1.165, 1.54) is 17.2 Å². The lowest BCUT2D eigenvalue weighted by molar-refractivity contribution is -0.123. The first kappa shape index (κ1) is 28.5. The number of benzene rings is 2. The molecule has 0 unspecified atom stereocenters. The Labute approximate surface area is 247 Å².